The fourth-order valence-corrected chi connectivity index (χ4v) is 1.05. The van der Waals surface area contributed by atoms with Crippen LogP contribution >= 0.6 is 11.6 Å². The van der Waals surface area contributed by atoms with E-state index in [0.29, 0.717) is 0 Å². The van der Waals surface area contributed by atoms with Crippen molar-refractivity contribution < 1.29 is 14.5 Å². The summed E-state index contributed by atoms with van der Waals surface area (Å²) in [6.07, 6.45) is 0.110. The number of nitro benzene ring substituents is 1. The topological polar surface area (TPSA) is 69.4 Å². The van der Waals surface area contributed by atoms with Crippen LogP contribution in [0.3, 0.4) is 0 Å². The first-order chi connectivity index (χ1) is 7.13. The van der Waals surface area contributed by atoms with Crippen LogP contribution < -0.4 is 4.74 Å². The quantitative estimate of drug-likeness (QED) is 0.261. The van der Waals surface area contributed by atoms with Crippen molar-refractivity contribution in [3.05, 3.63) is 34.4 Å². The highest BCUT2D eigenvalue weighted by Gasteiger charge is 2.07. The molecule has 0 bridgehead atoms. The Labute approximate surface area is 90.8 Å². The van der Waals surface area contributed by atoms with Crippen molar-refractivity contribution in [1.29, 1.82) is 0 Å². The highest BCUT2D eigenvalue weighted by Crippen LogP contribution is 2.17. The molecule has 0 spiro atoms. The van der Waals surface area contributed by atoms with Gasteiger partial charge in [0.2, 0.25) is 0 Å². The molecule has 0 amide bonds. The van der Waals surface area contributed by atoms with Gasteiger partial charge in [-0.05, 0) is 12.1 Å². The number of nitro groups is 1. The fourth-order valence-electron chi connectivity index (χ4n) is 0.896. The number of nitrogens with zero attached hydrogens (tertiary/aromatic N) is 1. The van der Waals surface area contributed by atoms with E-state index in [1.807, 2.05) is 0 Å². The number of halogens is 1. The van der Waals surface area contributed by atoms with Gasteiger partial charge in [0.1, 0.15) is 5.75 Å². The Morgan fingerprint density at radius 1 is 1.40 bits per heavy atom. The molecule has 0 fully saturated rings. The van der Waals surface area contributed by atoms with E-state index >= 15 is 0 Å². The molecule has 0 aliphatic carbocycles. The minimum atomic E-state index is -0.523. The highest BCUT2D eigenvalue weighted by atomic mass is 35.5. The fraction of sp³-hybridized carbons (Fsp3) is 0.222. The first kappa shape index (κ1) is 11.5. The van der Waals surface area contributed by atoms with E-state index in [9.17, 15) is 14.9 Å². The average molecular weight is 230 g/mol. The summed E-state index contributed by atoms with van der Waals surface area (Å²) in [5.41, 5.74) is -0.0489. The summed E-state index contributed by atoms with van der Waals surface area (Å²) >= 11 is 5.34. The molecule has 0 saturated carbocycles. The Bertz CT molecular complexity index is 363. The third kappa shape index (κ3) is 3.55. The lowest BCUT2D eigenvalue weighted by Crippen LogP contribution is -2.07. The van der Waals surface area contributed by atoms with Crippen LogP contribution in [0.5, 0.6) is 5.75 Å². The molecule has 0 atom stereocenters. The molecule has 0 aliphatic heterocycles. The van der Waals surface area contributed by atoms with E-state index in [1.165, 1.54) is 24.3 Å². The number of non-ortho nitro benzene ring substituents is 1. The van der Waals surface area contributed by atoms with Crippen LogP contribution in [0.1, 0.15) is 6.42 Å². The molecule has 5 nitrogen and oxygen atoms in total. The Morgan fingerprint density at radius 3 is 2.47 bits per heavy atom. The van der Waals surface area contributed by atoms with E-state index in [1.54, 1.807) is 0 Å². The molecule has 0 heterocycles. The van der Waals surface area contributed by atoms with Gasteiger partial charge in [0.15, 0.2) is 0 Å². The van der Waals surface area contributed by atoms with Gasteiger partial charge in [0.05, 0.1) is 11.3 Å². The van der Waals surface area contributed by atoms with E-state index in [0.717, 1.165) is 0 Å². The molecular weight excluding hydrogens is 222 g/mol. The van der Waals surface area contributed by atoms with Crippen LogP contribution in [0.2, 0.25) is 0 Å². The molecular formula is C9H8ClNO4. The number of hydrogen-bond donors (Lipinski definition) is 0. The van der Waals surface area contributed by atoms with Gasteiger partial charge in [-0.3, -0.25) is 14.9 Å². The second-order valence-electron chi connectivity index (χ2n) is 2.66. The molecule has 6 heteroatoms. The number of benzene rings is 1. The van der Waals surface area contributed by atoms with Crippen LogP contribution in [0.25, 0.3) is 0 Å². The predicted octanol–water partition coefficient (Wildman–Crippen LogP) is 2.13. The Hall–Kier alpha value is -1.62. The normalized spacial score (nSPS) is 9.67. The van der Waals surface area contributed by atoms with Crippen LogP contribution in [-0.2, 0) is 4.79 Å². The maximum Gasteiger partial charge on any atom is 0.312 e. The summed E-state index contributed by atoms with van der Waals surface area (Å²) in [6.45, 7) is 0. The number of esters is 1. The standard InChI is InChI=1S/C9H8ClNO4/c10-6-5-9(12)15-8-3-1-7(2-4-8)11(13)14/h1-4H,5-6H2. The van der Waals surface area contributed by atoms with E-state index in [2.05, 4.69) is 0 Å². The number of ether oxygens (including phenoxy) is 1. The SMILES string of the molecule is O=C(CCCl)Oc1ccc([N+](=O)[O-])cc1. The second-order valence-corrected chi connectivity index (χ2v) is 3.04. The minimum Gasteiger partial charge on any atom is -0.426 e. The van der Waals surface area contributed by atoms with Crippen LogP contribution in [0, 0.1) is 10.1 Å². The Morgan fingerprint density at radius 2 is 2.00 bits per heavy atom. The van der Waals surface area contributed by atoms with Gasteiger partial charge in [-0.15, -0.1) is 11.6 Å². The molecule has 1 aromatic carbocycles. The van der Waals surface area contributed by atoms with Gasteiger partial charge >= 0.3 is 5.97 Å². The molecule has 1 rings (SSSR count). The summed E-state index contributed by atoms with van der Waals surface area (Å²) in [6, 6.07) is 5.27. The molecule has 1 aromatic rings. The lowest BCUT2D eigenvalue weighted by atomic mass is 10.3. The van der Waals surface area contributed by atoms with Gasteiger partial charge in [0, 0.05) is 18.0 Å². The summed E-state index contributed by atoms with van der Waals surface area (Å²) in [4.78, 5) is 20.8. The Kier molecular flexibility index (Phi) is 4.05. The molecule has 0 unspecified atom stereocenters. The second kappa shape index (κ2) is 5.31. The summed E-state index contributed by atoms with van der Waals surface area (Å²) in [5, 5.41) is 10.3. The third-order valence-corrected chi connectivity index (χ3v) is 1.77. The first-order valence-corrected chi connectivity index (χ1v) is 4.68. The van der Waals surface area contributed by atoms with Crippen LogP contribution in [0.15, 0.2) is 24.3 Å². The number of rotatable bonds is 4. The van der Waals surface area contributed by atoms with Crippen molar-refractivity contribution >= 4 is 23.3 Å². The zero-order chi connectivity index (χ0) is 11.3. The average Bonchev–Trinajstić information content (AvgIpc) is 2.18. The van der Waals surface area contributed by atoms with E-state index < -0.39 is 10.9 Å². The molecule has 15 heavy (non-hydrogen) atoms. The van der Waals surface area contributed by atoms with Gasteiger partial charge in [-0.25, -0.2) is 0 Å². The van der Waals surface area contributed by atoms with E-state index in [-0.39, 0.29) is 23.7 Å². The monoisotopic (exact) mass is 229 g/mol. The Balaban J connectivity index is 2.64. The zero-order valence-corrected chi connectivity index (χ0v) is 8.44. The number of carbonyl (C=O) groups excluding carboxylic acids is 1. The summed E-state index contributed by atoms with van der Waals surface area (Å²) < 4.78 is 4.84. The third-order valence-electron chi connectivity index (χ3n) is 1.58. The smallest absolute Gasteiger partial charge is 0.312 e. The molecule has 0 aliphatic rings. The zero-order valence-electron chi connectivity index (χ0n) is 7.68. The van der Waals surface area contributed by atoms with Crippen LogP contribution in [-0.4, -0.2) is 16.8 Å². The number of carbonyl (C=O) groups is 1. The molecule has 0 aromatic heterocycles. The summed E-state index contributed by atoms with van der Waals surface area (Å²) in [5.74, 6) is 0.000741. The van der Waals surface area contributed by atoms with Gasteiger partial charge in [-0.1, -0.05) is 0 Å². The largest absolute Gasteiger partial charge is 0.426 e. The lowest BCUT2D eigenvalue weighted by Gasteiger charge is -2.01. The van der Waals surface area contributed by atoms with Crippen molar-refractivity contribution in [3.8, 4) is 5.75 Å². The number of hydrogen-bond acceptors (Lipinski definition) is 4. The predicted molar refractivity (Wildman–Crippen MR) is 54.1 cm³/mol. The minimum absolute atomic E-state index is 0.0489. The number of alkyl halides is 1. The molecule has 80 valence electrons. The van der Waals surface area contributed by atoms with Crippen molar-refractivity contribution in [3.63, 3.8) is 0 Å². The lowest BCUT2D eigenvalue weighted by molar-refractivity contribution is -0.384. The molecule has 0 N–H and O–H groups in total. The maximum absolute atomic E-state index is 11.0. The maximum atomic E-state index is 11.0. The van der Waals surface area contributed by atoms with Gasteiger partial charge < -0.3 is 4.74 Å². The van der Waals surface area contributed by atoms with Crippen molar-refractivity contribution in [2.24, 2.45) is 0 Å². The van der Waals surface area contributed by atoms with Gasteiger partial charge in [0.25, 0.3) is 5.69 Å². The van der Waals surface area contributed by atoms with Crippen LogP contribution in [0.4, 0.5) is 5.69 Å². The highest BCUT2D eigenvalue weighted by molar-refractivity contribution is 6.18. The van der Waals surface area contributed by atoms with Crippen molar-refractivity contribution in [2.75, 3.05) is 5.88 Å². The first-order valence-electron chi connectivity index (χ1n) is 4.14. The van der Waals surface area contributed by atoms with Crippen molar-refractivity contribution in [2.45, 2.75) is 6.42 Å². The molecule has 0 radical (unpaired) electrons. The van der Waals surface area contributed by atoms with Gasteiger partial charge in [-0.2, -0.15) is 0 Å². The summed E-state index contributed by atoms with van der Waals surface area (Å²) in [7, 11) is 0. The van der Waals surface area contributed by atoms with E-state index in [4.69, 9.17) is 16.3 Å². The molecule has 0 saturated heterocycles. The van der Waals surface area contributed by atoms with Crippen molar-refractivity contribution in [1.82, 2.24) is 0 Å².